The third-order valence-corrected chi connectivity index (χ3v) is 4.63. The van der Waals surface area contributed by atoms with E-state index in [0.29, 0.717) is 12.2 Å². The third kappa shape index (κ3) is 4.74. The van der Waals surface area contributed by atoms with Crippen molar-refractivity contribution in [3.63, 3.8) is 0 Å². The van der Waals surface area contributed by atoms with Gasteiger partial charge in [-0.05, 0) is 30.3 Å². The summed E-state index contributed by atoms with van der Waals surface area (Å²) in [4.78, 5) is 25.7. The molecule has 1 fully saturated rings. The number of nitro groups is 1. The second-order valence-corrected chi connectivity index (χ2v) is 6.43. The number of hydrogen-bond donors (Lipinski definition) is 1. The molecule has 2 aromatic rings. The minimum Gasteiger partial charge on any atom is -0.468 e. The highest BCUT2D eigenvalue weighted by Crippen LogP contribution is 2.26. The van der Waals surface area contributed by atoms with Crippen LogP contribution >= 0.6 is 0 Å². The molecule has 1 saturated heterocycles. The monoisotopic (exact) mass is 388 g/mol. The molecule has 148 valence electrons. The van der Waals surface area contributed by atoms with E-state index in [1.165, 1.54) is 19.2 Å². The molecule has 0 amide bonds. The van der Waals surface area contributed by atoms with Crippen molar-refractivity contribution in [3.05, 3.63) is 58.4 Å². The van der Waals surface area contributed by atoms with E-state index in [2.05, 4.69) is 15.1 Å². The Morgan fingerprint density at radius 2 is 1.86 bits per heavy atom. The zero-order valence-electron chi connectivity index (χ0n) is 15.4. The van der Waals surface area contributed by atoms with Crippen LogP contribution in [0.25, 0.3) is 0 Å². The number of carbonyl (C=O) groups excluding carboxylic acids is 1. The molecule has 0 aliphatic carbocycles. The summed E-state index contributed by atoms with van der Waals surface area (Å²) >= 11 is 0. The Kier molecular flexibility index (Phi) is 6.05. The number of nitro benzene ring substituents is 1. The first-order chi connectivity index (χ1) is 13.5. The Morgan fingerprint density at radius 1 is 1.18 bits per heavy atom. The Morgan fingerprint density at radius 3 is 2.43 bits per heavy atom. The van der Waals surface area contributed by atoms with Gasteiger partial charge in [-0.3, -0.25) is 19.8 Å². The molecule has 0 atom stereocenters. The third-order valence-electron chi connectivity index (χ3n) is 4.63. The lowest BCUT2D eigenvalue weighted by atomic mass is 10.2. The number of piperazine rings is 1. The Hall–Kier alpha value is -3.20. The van der Waals surface area contributed by atoms with Crippen LogP contribution in [0.1, 0.15) is 0 Å². The zero-order valence-corrected chi connectivity index (χ0v) is 15.4. The normalized spacial score (nSPS) is 14.6. The van der Waals surface area contributed by atoms with Crippen LogP contribution in [-0.2, 0) is 9.53 Å². The number of nitrogens with zero attached hydrogens (tertiary/aromatic N) is 3. The molecule has 0 bridgehead atoms. The number of halogens is 1. The first-order valence-electron chi connectivity index (χ1n) is 8.81. The molecule has 0 unspecified atom stereocenters. The topological polar surface area (TPSA) is 88.0 Å². The smallest absolute Gasteiger partial charge is 0.319 e. The Balaban J connectivity index is 1.59. The minimum absolute atomic E-state index is 0.176. The molecular weight excluding hydrogens is 367 g/mol. The number of rotatable bonds is 6. The van der Waals surface area contributed by atoms with Crippen molar-refractivity contribution in [2.24, 2.45) is 0 Å². The summed E-state index contributed by atoms with van der Waals surface area (Å²) in [5.41, 5.74) is 1.60. The molecule has 1 aliphatic heterocycles. The van der Waals surface area contributed by atoms with Gasteiger partial charge in [0.25, 0.3) is 5.69 Å². The second kappa shape index (κ2) is 8.66. The maximum Gasteiger partial charge on any atom is 0.319 e. The number of non-ortho nitro benzene ring substituents is 1. The molecule has 2 aromatic carbocycles. The fourth-order valence-electron chi connectivity index (χ4n) is 3.04. The van der Waals surface area contributed by atoms with Crippen LogP contribution in [0.15, 0.2) is 42.5 Å². The lowest BCUT2D eigenvalue weighted by molar-refractivity contribution is -0.385. The molecule has 1 N–H and O–H groups in total. The average molecular weight is 388 g/mol. The van der Waals surface area contributed by atoms with Gasteiger partial charge in [-0.15, -0.1) is 0 Å². The van der Waals surface area contributed by atoms with E-state index in [1.54, 1.807) is 0 Å². The number of benzene rings is 2. The molecule has 0 radical (unpaired) electrons. The number of esters is 1. The van der Waals surface area contributed by atoms with Crippen LogP contribution in [0.2, 0.25) is 0 Å². The number of nitrogens with one attached hydrogen (secondary N) is 1. The van der Waals surface area contributed by atoms with Crippen LogP contribution < -0.4 is 10.2 Å². The molecule has 28 heavy (non-hydrogen) atoms. The van der Waals surface area contributed by atoms with Gasteiger partial charge in [0.1, 0.15) is 0 Å². The van der Waals surface area contributed by atoms with E-state index in [-0.39, 0.29) is 17.3 Å². The van der Waals surface area contributed by atoms with Crippen molar-refractivity contribution in [2.45, 2.75) is 0 Å². The SMILES string of the molecule is COC(=O)CN1CCN(c2ccc(Nc3ccc([N+](=O)[O-])cc3F)cc2)CC1. The van der Waals surface area contributed by atoms with Crippen molar-refractivity contribution < 1.29 is 18.8 Å². The average Bonchev–Trinajstić information content (AvgIpc) is 2.70. The van der Waals surface area contributed by atoms with E-state index in [9.17, 15) is 19.3 Å². The number of anilines is 3. The predicted molar refractivity (Wildman–Crippen MR) is 103 cm³/mol. The summed E-state index contributed by atoms with van der Waals surface area (Å²) in [6.45, 7) is 3.42. The Bertz CT molecular complexity index is 852. The maximum absolute atomic E-state index is 14.0. The largest absolute Gasteiger partial charge is 0.468 e. The fraction of sp³-hybridized carbons (Fsp3) is 0.316. The van der Waals surface area contributed by atoms with E-state index in [4.69, 9.17) is 4.74 Å². The first-order valence-corrected chi connectivity index (χ1v) is 8.81. The number of hydrogen-bond acceptors (Lipinski definition) is 7. The van der Waals surface area contributed by atoms with Crippen LogP contribution in [0.5, 0.6) is 0 Å². The van der Waals surface area contributed by atoms with Crippen molar-refractivity contribution in [3.8, 4) is 0 Å². The zero-order chi connectivity index (χ0) is 20.1. The van der Waals surface area contributed by atoms with Crippen LogP contribution in [0.4, 0.5) is 27.1 Å². The van der Waals surface area contributed by atoms with Gasteiger partial charge in [-0.1, -0.05) is 0 Å². The van der Waals surface area contributed by atoms with Crippen molar-refractivity contribution in [2.75, 3.05) is 50.1 Å². The van der Waals surface area contributed by atoms with Gasteiger partial charge in [0, 0.05) is 43.6 Å². The van der Waals surface area contributed by atoms with Gasteiger partial charge in [-0.25, -0.2) is 4.39 Å². The fourth-order valence-corrected chi connectivity index (χ4v) is 3.04. The van der Waals surface area contributed by atoms with Gasteiger partial charge >= 0.3 is 5.97 Å². The van der Waals surface area contributed by atoms with E-state index in [0.717, 1.165) is 37.9 Å². The van der Waals surface area contributed by atoms with Crippen molar-refractivity contribution >= 4 is 28.7 Å². The second-order valence-electron chi connectivity index (χ2n) is 6.43. The van der Waals surface area contributed by atoms with Crippen LogP contribution in [-0.4, -0.2) is 55.6 Å². The number of methoxy groups -OCH3 is 1. The summed E-state index contributed by atoms with van der Waals surface area (Å²) in [7, 11) is 1.39. The highest BCUT2D eigenvalue weighted by Gasteiger charge is 2.19. The van der Waals surface area contributed by atoms with E-state index in [1.807, 2.05) is 24.3 Å². The molecule has 0 saturated carbocycles. The van der Waals surface area contributed by atoms with Crippen LogP contribution in [0, 0.1) is 15.9 Å². The lowest BCUT2D eigenvalue weighted by Crippen LogP contribution is -2.48. The van der Waals surface area contributed by atoms with Gasteiger partial charge in [0.15, 0.2) is 5.82 Å². The molecule has 3 rings (SSSR count). The lowest BCUT2D eigenvalue weighted by Gasteiger charge is -2.35. The summed E-state index contributed by atoms with van der Waals surface area (Å²) in [5, 5.41) is 13.6. The van der Waals surface area contributed by atoms with Gasteiger partial charge in [0.2, 0.25) is 0 Å². The molecule has 0 spiro atoms. The molecular formula is C19H21FN4O4. The highest BCUT2D eigenvalue weighted by atomic mass is 19.1. The van der Waals surface area contributed by atoms with Crippen molar-refractivity contribution in [1.82, 2.24) is 4.90 Å². The maximum atomic E-state index is 14.0. The summed E-state index contributed by atoms with van der Waals surface area (Å²) in [5.74, 6) is -0.914. The molecule has 9 heteroatoms. The van der Waals surface area contributed by atoms with Gasteiger partial charge in [-0.2, -0.15) is 0 Å². The van der Waals surface area contributed by atoms with E-state index < -0.39 is 10.7 Å². The minimum atomic E-state index is -0.681. The molecule has 8 nitrogen and oxygen atoms in total. The first kappa shape index (κ1) is 19.6. The van der Waals surface area contributed by atoms with Crippen LogP contribution in [0.3, 0.4) is 0 Å². The highest BCUT2D eigenvalue weighted by molar-refractivity contribution is 5.71. The Labute approximate surface area is 161 Å². The molecule has 0 aromatic heterocycles. The predicted octanol–water partition coefficient (Wildman–Crippen LogP) is 2.77. The summed E-state index contributed by atoms with van der Waals surface area (Å²) in [6.07, 6.45) is 0. The molecule has 1 heterocycles. The van der Waals surface area contributed by atoms with E-state index >= 15 is 0 Å². The standard InChI is InChI=1S/C19H21FN4O4/c1-28-19(25)13-22-8-10-23(11-9-22)15-4-2-14(3-5-15)21-18-7-6-16(24(26)27)12-17(18)20/h2-7,12,21H,8-11,13H2,1H3. The number of carbonyl (C=O) groups is 1. The summed E-state index contributed by atoms with van der Waals surface area (Å²) < 4.78 is 18.7. The van der Waals surface area contributed by atoms with Gasteiger partial charge < -0.3 is 15.0 Å². The van der Waals surface area contributed by atoms with Gasteiger partial charge in [0.05, 0.1) is 30.3 Å². The number of ether oxygens (including phenoxy) is 1. The summed E-state index contributed by atoms with van der Waals surface area (Å²) in [6, 6.07) is 11.0. The van der Waals surface area contributed by atoms with Crippen molar-refractivity contribution in [1.29, 1.82) is 0 Å². The quantitative estimate of drug-likeness (QED) is 0.462. The molecule has 1 aliphatic rings.